The number of aromatic nitrogens is 1. The SMILES string of the molecule is N#CCS(=O)(=O)c1cn(-c2ccc(F)c(C(F)(F)F)c2)c2c1C(=O)C(F)(F)CC2. The van der Waals surface area contributed by atoms with Crippen LogP contribution in [-0.4, -0.2) is 30.4 Å². The third-order valence-electron chi connectivity index (χ3n) is 4.43. The van der Waals surface area contributed by atoms with Crippen LogP contribution in [0.1, 0.15) is 28.0 Å². The average molecular weight is 436 g/mol. The van der Waals surface area contributed by atoms with Crippen molar-refractivity contribution in [1.29, 1.82) is 5.26 Å². The molecule has 3 rings (SSSR count). The van der Waals surface area contributed by atoms with Crippen molar-refractivity contribution in [2.45, 2.75) is 29.8 Å². The van der Waals surface area contributed by atoms with Crippen LogP contribution in [0.4, 0.5) is 26.3 Å². The number of fused-ring (bicyclic) bond motifs is 1. The van der Waals surface area contributed by atoms with Gasteiger partial charge in [-0.15, -0.1) is 0 Å². The lowest BCUT2D eigenvalue weighted by molar-refractivity contribution is -0.140. The van der Waals surface area contributed by atoms with Crippen LogP contribution in [0.15, 0.2) is 29.3 Å². The lowest BCUT2D eigenvalue weighted by Gasteiger charge is -2.23. The highest BCUT2D eigenvalue weighted by Gasteiger charge is 2.48. The topological polar surface area (TPSA) is 79.9 Å². The summed E-state index contributed by atoms with van der Waals surface area (Å²) in [5.74, 6) is -8.37. The molecule has 0 saturated carbocycles. The second-order valence-electron chi connectivity index (χ2n) is 6.30. The van der Waals surface area contributed by atoms with Crippen molar-refractivity contribution in [3.63, 3.8) is 0 Å². The minimum atomic E-state index is -5.06. The minimum absolute atomic E-state index is 0.253. The molecule has 12 heteroatoms. The van der Waals surface area contributed by atoms with E-state index in [0.29, 0.717) is 18.3 Å². The van der Waals surface area contributed by atoms with Crippen LogP contribution in [0, 0.1) is 17.1 Å². The first-order valence-corrected chi connectivity index (χ1v) is 9.58. The molecule has 1 heterocycles. The monoisotopic (exact) mass is 436 g/mol. The maximum Gasteiger partial charge on any atom is 0.419 e. The van der Waals surface area contributed by atoms with E-state index in [-0.39, 0.29) is 11.4 Å². The number of carbonyl (C=O) groups is 1. The molecule has 1 aliphatic carbocycles. The number of ketones is 1. The van der Waals surface area contributed by atoms with E-state index in [2.05, 4.69) is 0 Å². The molecule has 0 saturated heterocycles. The van der Waals surface area contributed by atoms with E-state index in [0.717, 1.165) is 10.6 Å². The zero-order valence-electron chi connectivity index (χ0n) is 14.2. The predicted molar refractivity (Wildman–Crippen MR) is 86.0 cm³/mol. The maximum absolute atomic E-state index is 13.9. The summed E-state index contributed by atoms with van der Waals surface area (Å²) in [6.45, 7) is 0. The number of hydrogen-bond acceptors (Lipinski definition) is 4. The predicted octanol–water partition coefficient (Wildman–Crippen LogP) is 3.70. The first kappa shape index (κ1) is 20.9. The molecule has 0 fully saturated rings. The number of halogens is 6. The van der Waals surface area contributed by atoms with Gasteiger partial charge in [-0.3, -0.25) is 4.79 Å². The van der Waals surface area contributed by atoms with Gasteiger partial charge < -0.3 is 4.57 Å². The quantitative estimate of drug-likeness (QED) is 0.688. The number of nitriles is 1. The van der Waals surface area contributed by atoms with Gasteiger partial charge in [-0.25, -0.2) is 12.8 Å². The number of alkyl halides is 5. The van der Waals surface area contributed by atoms with Crippen molar-refractivity contribution in [2.75, 3.05) is 5.75 Å². The van der Waals surface area contributed by atoms with Crippen molar-refractivity contribution >= 4 is 15.6 Å². The molecule has 154 valence electrons. The Bertz CT molecular complexity index is 1160. The first-order valence-electron chi connectivity index (χ1n) is 7.93. The third kappa shape index (κ3) is 3.50. The number of hydrogen-bond donors (Lipinski definition) is 0. The molecule has 0 aliphatic heterocycles. The average Bonchev–Trinajstić information content (AvgIpc) is 2.99. The largest absolute Gasteiger partial charge is 0.419 e. The Morgan fingerprint density at radius 3 is 2.48 bits per heavy atom. The summed E-state index contributed by atoms with van der Waals surface area (Å²) >= 11 is 0. The summed E-state index contributed by atoms with van der Waals surface area (Å²) in [4.78, 5) is 11.3. The summed E-state index contributed by atoms with van der Waals surface area (Å²) in [6, 6.07) is 3.11. The summed E-state index contributed by atoms with van der Waals surface area (Å²) in [5, 5.41) is 8.68. The lowest BCUT2D eigenvalue weighted by atomic mass is 9.93. The van der Waals surface area contributed by atoms with Crippen LogP contribution in [0.25, 0.3) is 5.69 Å². The Hall–Kier alpha value is -2.81. The number of nitrogens with zero attached hydrogens (tertiary/aromatic N) is 2. The highest BCUT2D eigenvalue weighted by Crippen LogP contribution is 2.40. The van der Waals surface area contributed by atoms with Gasteiger partial charge in [0.1, 0.15) is 11.6 Å². The van der Waals surface area contributed by atoms with Crippen molar-refractivity contribution in [3.05, 3.63) is 47.0 Å². The fourth-order valence-electron chi connectivity index (χ4n) is 3.09. The zero-order chi connectivity index (χ0) is 21.8. The van der Waals surface area contributed by atoms with E-state index in [9.17, 15) is 39.6 Å². The van der Waals surface area contributed by atoms with Gasteiger partial charge in [0.25, 0.3) is 0 Å². The van der Waals surface area contributed by atoms with E-state index in [4.69, 9.17) is 5.26 Å². The fraction of sp³-hybridized carbons (Fsp3) is 0.294. The molecule has 29 heavy (non-hydrogen) atoms. The molecular formula is C17H10F6N2O3S. The van der Waals surface area contributed by atoms with Crippen LogP contribution in [0.5, 0.6) is 0 Å². The molecule has 0 radical (unpaired) electrons. The molecule has 0 atom stereocenters. The van der Waals surface area contributed by atoms with Crippen LogP contribution in [0.3, 0.4) is 0 Å². The second kappa shape index (κ2) is 6.62. The van der Waals surface area contributed by atoms with Gasteiger partial charge in [0, 0.05) is 24.0 Å². The number of carbonyl (C=O) groups excluding carboxylic acids is 1. The molecule has 1 aromatic carbocycles. The van der Waals surface area contributed by atoms with E-state index < -0.39 is 68.2 Å². The minimum Gasteiger partial charge on any atom is -0.319 e. The molecule has 1 aliphatic rings. The van der Waals surface area contributed by atoms with Crippen molar-refractivity contribution in [3.8, 4) is 11.8 Å². The molecule has 5 nitrogen and oxygen atoms in total. The number of sulfone groups is 1. The molecular weight excluding hydrogens is 426 g/mol. The first-order chi connectivity index (χ1) is 13.3. The molecule has 2 aromatic rings. The van der Waals surface area contributed by atoms with Gasteiger partial charge in [-0.1, -0.05) is 0 Å². The molecule has 0 unspecified atom stereocenters. The van der Waals surface area contributed by atoms with Gasteiger partial charge in [-0.05, 0) is 24.6 Å². The Morgan fingerprint density at radius 2 is 1.90 bits per heavy atom. The van der Waals surface area contributed by atoms with Crippen molar-refractivity contribution < 1.29 is 39.6 Å². The Labute approximate surface area is 160 Å². The highest BCUT2D eigenvalue weighted by molar-refractivity contribution is 7.91. The highest BCUT2D eigenvalue weighted by atomic mass is 32.2. The molecule has 1 aromatic heterocycles. The summed E-state index contributed by atoms with van der Waals surface area (Å²) < 4.78 is 106. The Morgan fingerprint density at radius 1 is 1.24 bits per heavy atom. The van der Waals surface area contributed by atoms with Crippen LogP contribution in [-0.2, 0) is 22.4 Å². The van der Waals surface area contributed by atoms with Gasteiger partial charge in [0.15, 0.2) is 9.84 Å². The van der Waals surface area contributed by atoms with Crippen LogP contribution < -0.4 is 0 Å². The standard InChI is InChI=1S/C17H10F6N2O3S/c18-11-2-1-9(7-10(11)17(21,22)23)25-8-13(29(27,28)6-5-24)14-12(25)3-4-16(19,20)15(14)26/h1-2,7-8H,3-4,6H2. The number of benzene rings is 1. The van der Waals surface area contributed by atoms with E-state index in [1.54, 1.807) is 0 Å². The van der Waals surface area contributed by atoms with Crippen molar-refractivity contribution in [1.82, 2.24) is 4.57 Å². The molecule has 0 amide bonds. The second-order valence-corrected chi connectivity index (χ2v) is 8.26. The number of Topliss-reactive ketones (excluding diaryl/α,β-unsaturated/α-hetero) is 1. The maximum atomic E-state index is 13.9. The van der Waals surface area contributed by atoms with Gasteiger partial charge in [0.05, 0.1) is 22.1 Å². The molecule has 0 bridgehead atoms. The van der Waals surface area contributed by atoms with Gasteiger partial charge >= 0.3 is 12.1 Å². The summed E-state index contributed by atoms with van der Waals surface area (Å²) in [7, 11) is -4.50. The van der Waals surface area contributed by atoms with Crippen LogP contribution >= 0.6 is 0 Å². The molecule has 0 spiro atoms. The zero-order valence-corrected chi connectivity index (χ0v) is 15.0. The van der Waals surface area contributed by atoms with E-state index in [1.165, 1.54) is 6.07 Å². The fourth-order valence-corrected chi connectivity index (χ4v) is 4.20. The van der Waals surface area contributed by atoms with Crippen molar-refractivity contribution in [2.24, 2.45) is 0 Å². The third-order valence-corrected chi connectivity index (χ3v) is 5.92. The van der Waals surface area contributed by atoms with Gasteiger partial charge in [0.2, 0.25) is 5.78 Å². The van der Waals surface area contributed by atoms with Crippen LogP contribution in [0.2, 0.25) is 0 Å². The van der Waals surface area contributed by atoms with E-state index in [1.807, 2.05) is 0 Å². The van der Waals surface area contributed by atoms with Gasteiger partial charge in [-0.2, -0.15) is 27.2 Å². The lowest BCUT2D eigenvalue weighted by Crippen LogP contribution is -2.35. The number of rotatable bonds is 3. The van der Waals surface area contributed by atoms with E-state index >= 15 is 0 Å². The Kier molecular flexibility index (Phi) is 4.77. The Balaban J connectivity index is 2.32. The molecule has 0 N–H and O–H groups in total. The smallest absolute Gasteiger partial charge is 0.319 e. The normalized spacial score (nSPS) is 16.4. The summed E-state index contributed by atoms with van der Waals surface area (Å²) in [5.41, 5.74) is -3.13. The summed E-state index contributed by atoms with van der Waals surface area (Å²) in [6.07, 6.45) is -5.85.